The fourth-order valence-electron chi connectivity index (χ4n) is 1.50. The van der Waals surface area contributed by atoms with Gasteiger partial charge in [0.15, 0.2) is 5.84 Å². The van der Waals surface area contributed by atoms with Crippen molar-refractivity contribution >= 4 is 5.84 Å². The molecule has 112 valence electrons. The van der Waals surface area contributed by atoms with E-state index in [-0.39, 0.29) is 5.84 Å². The van der Waals surface area contributed by atoms with E-state index in [0.717, 1.165) is 12.1 Å². The smallest absolute Gasteiger partial charge is 0.224 e. The highest BCUT2D eigenvalue weighted by molar-refractivity contribution is 5.99. The molecule has 7 heteroatoms. The number of hydrogen-bond acceptors (Lipinski definition) is 6. The van der Waals surface area contributed by atoms with Crippen LogP contribution in [0.2, 0.25) is 0 Å². The number of aromatic nitrogens is 1. The van der Waals surface area contributed by atoms with Gasteiger partial charge in [-0.15, -0.1) is 0 Å². The van der Waals surface area contributed by atoms with Gasteiger partial charge in [-0.2, -0.15) is 0 Å². The normalized spacial score (nSPS) is 11.6. The molecule has 0 amide bonds. The molecule has 0 aliphatic heterocycles. The molecule has 0 fully saturated rings. The second kappa shape index (κ2) is 9.11. The van der Waals surface area contributed by atoms with Crippen LogP contribution in [0, 0.1) is 6.92 Å². The van der Waals surface area contributed by atoms with Gasteiger partial charge in [0.05, 0.1) is 12.2 Å². The highest BCUT2D eigenvalue weighted by Crippen LogP contribution is 2.15. The topological polar surface area (TPSA) is 99.2 Å². The van der Waals surface area contributed by atoms with Crippen LogP contribution >= 0.6 is 0 Å². The molecule has 0 bridgehead atoms. The van der Waals surface area contributed by atoms with Gasteiger partial charge in [-0.25, -0.2) is 4.98 Å². The molecular weight excluding hydrogens is 262 g/mol. The van der Waals surface area contributed by atoms with Crippen LogP contribution in [0.25, 0.3) is 0 Å². The van der Waals surface area contributed by atoms with Crippen molar-refractivity contribution < 1.29 is 19.4 Å². The first-order valence-electron chi connectivity index (χ1n) is 6.34. The Morgan fingerprint density at radius 3 is 2.80 bits per heavy atom. The minimum atomic E-state index is -0.0338. The third-order valence-electron chi connectivity index (χ3n) is 2.49. The van der Waals surface area contributed by atoms with Crippen LogP contribution in [0.4, 0.5) is 0 Å². The zero-order chi connectivity index (χ0) is 14.8. The summed E-state index contributed by atoms with van der Waals surface area (Å²) in [5, 5.41) is 11.7. The number of hydrogen-bond donors (Lipinski definition) is 2. The molecule has 0 aromatic carbocycles. The molecule has 0 aliphatic rings. The maximum absolute atomic E-state index is 8.72. The van der Waals surface area contributed by atoms with Gasteiger partial charge in [0.1, 0.15) is 6.61 Å². The molecule has 0 saturated carbocycles. The van der Waals surface area contributed by atoms with Crippen LogP contribution in [0.3, 0.4) is 0 Å². The van der Waals surface area contributed by atoms with E-state index in [2.05, 4.69) is 10.1 Å². The molecule has 0 unspecified atom stereocenters. The number of amidine groups is 1. The molecule has 0 saturated heterocycles. The summed E-state index contributed by atoms with van der Waals surface area (Å²) in [4.78, 5) is 4.22. The zero-order valence-electron chi connectivity index (χ0n) is 11.8. The van der Waals surface area contributed by atoms with Crippen molar-refractivity contribution in [3.8, 4) is 5.88 Å². The molecule has 1 aromatic heterocycles. The van der Waals surface area contributed by atoms with Crippen molar-refractivity contribution in [2.75, 3.05) is 33.5 Å². The fourth-order valence-corrected chi connectivity index (χ4v) is 1.50. The van der Waals surface area contributed by atoms with Crippen molar-refractivity contribution in [1.82, 2.24) is 4.98 Å². The lowest BCUT2D eigenvalue weighted by Crippen LogP contribution is -2.17. The lowest BCUT2D eigenvalue weighted by Gasteiger charge is -2.10. The van der Waals surface area contributed by atoms with E-state index in [4.69, 9.17) is 25.2 Å². The Morgan fingerprint density at radius 1 is 1.30 bits per heavy atom. The van der Waals surface area contributed by atoms with Gasteiger partial charge in [0, 0.05) is 26.0 Å². The van der Waals surface area contributed by atoms with Gasteiger partial charge in [0.2, 0.25) is 5.88 Å². The Kier molecular flexibility index (Phi) is 7.38. The van der Waals surface area contributed by atoms with Crippen molar-refractivity contribution in [2.24, 2.45) is 10.9 Å². The maximum atomic E-state index is 8.72. The van der Waals surface area contributed by atoms with Crippen molar-refractivity contribution in [3.63, 3.8) is 0 Å². The molecule has 7 nitrogen and oxygen atoms in total. The molecule has 0 aliphatic carbocycles. The van der Waals surface area contributed by atoms with Crippen LogP contribution in [-0.2, 0) is 9.47 Å². The van der Waals surface area contributed by atoms with Crippen LogP contribution < -0.4 is 10.5 Å². The second-order valence-corrected chi connectivity index (χ2v) is 4.10. The molecular formula is C13H21N3O4. The summed E-state index contributed by atoms with van der Waals surface area (Å²) in [6.45, 7) is 3.91. The summed E-state index contributed by atoms with van der Waals surface area (Å²) in [7, 11) is 1.65. The van der Waals surface area contributed by atoms with Gasteiger partial charge in [0.25, 0.3) is 0 Å². The summed E-state index contributed by atoms with van der Waals surface area (Å²) in [5.74, 6) is 0.300. The van der Waals surface area contributed by atoms with Crippen LogP contribution in [0.15, 0.2) is 17.3 Å². The molecule has 1 rings (SSSR count). The van der Waals surface area contributed by atoms with Crippen LogP contribution in [0.5, 0.6) is 5.88 Å². The first-order chi connectivity index (χ1) is 9.69. The van der Waals surface area contributed by atoms with Crippen LogP contribution in [-0.4, -0.2) is 49.6 Å². The lowest BCUT2D eigenvalue weighted by atomic mass is 10.2. The van der Waals surface area contributed by atoms with Crippen LogP contribution in [0.1, 0.15) is 17.7 Å². The third-order valence-corrected chi connectivity index (χ3v) is 2.49. The SMILES string of the molecule is COCCCOCCOc1nc(C)ccc1/C(N)=N/O. The van der Waals surface area contributed by atoms with E-state index in [1.807, 2.05) is 6.92 Å². The summed E-state index contributed by atoms with van der Waals surface area (Å²) < 4.78 is 15.8. The number of nitrogens with zero attached hydrogens (tertiary/aromatic N) is 2. The minimum Gasteiger partial charge on any atom is -0.475 e. The highest BCUT2D eigenvalue weighted by atomic mass is 16.5. The summed E-state index contributed by atoms with van der Waals surface area (Å²) >= 11 is 0. The molecule has 0 radical (unpaired) electrons. The van der Waals surface area contributed by atoms with Gasteiger partial charge < -0.3 is 25.2 Å². The quantitative estimate of drug-likeness (QED) is 0.230. The molecule has 20 heavy (non-hydrogen) atoms. The Balaban J connectivity index is 2.44. The monoisotopic (exact) mass is 283 g/mol. The Morgan fingerprint density at radius 2 is 2.10 bits per heavy atom. The van der Waals surface area contributed by atoms with E-state index in [1.54, 1.807) is 19.2 Å². The van der Waals surface area contributed by atoms with Crippen molar-refractivity contribution in [3.05, 3.63) is 23.4 Å². The van der Waals surface area contributed by atoms with E-state index in [0.29, 0.717) is 37.9 Å². The fraction of sp³-hybridized carbons (Fsp3) is 0.538. The number of ether oxygens (including phenoxy) is 3. The summed E-state index contributed by atoms with van der Waals surface area (Å²) in [5.41, 5.74) is 6.81. The van der Waals surface area contributed by atoms with Gasteiger partial charge in [-0.1, -0.05) is 5.16 Å². The number of nitrogens with two attached hydrogens (primary N) is 1. The largest absolute Gasteiger partial charge is 0.475 e. The standard InChI is InChI=1S/C13H21N3O4/c1-10-4-5-11(12(14)16-17)13(15-10)20-9-8-19-7-3-6-18-2/h4-5,17H,3,6-9H2,1-2H3,(H2,14,16). The highest BCUT2D eigenvalue weighted by Gasteiger charge is 2.10. The van der Waals surface area contributed by atoms with E-state index < -0.39 is 0 Å². The van der Waals surface area contributed by atoms with E-state index >= 15 is 0 Å². The average molecular weight is 283 g/mol. The molecule has 1 heterocycles. The number of aryl methyl sites for hydroxylation is 1. The number of oxime groups is 1. The third kappa shape index (κ3) is 5.41. The van der Waals surface area contributed by atoms with Gasteiger partial charge in [-0.3, -0.25) is 0 Å². The average Bonchev–Trinajstić information content (AvgIpc) is 2.45. The van der Waals surface area contributed by atoms with Gasteiger partial charge >= 0.3 is 0 Å². The Hall–Kier alpha value is -1.86. The first-order valence-corrected chi connectivity index (χ1v) is 6.34. The van der Waals surface area contributed by atoms with E-state index in [1.165, 1.54) is 0 Å². The number of methoxy groups -OCH3 is 1. The molecule has 0 spiro atoms. The Labute approximate surface area is 118 Å². The van der Waals surface area contributed by atoms with Crippen molar-refractivity contribution in [2.45, 2.75) is 13.3 Å². The summed E-state index contributed by atoms with van der Waals surface area (Å²) in [6, 6.07) is 3.47. The van der Waals surface area contributed by atoms with Gasteiger partial charge in [-0.05, 0) is 25.5 Å². The predicted molar refractivity (Wildman–Crippen MR) is 74.3 cm³/mol. The molecule has 0 atom stereocenters. The molecule has 1 aromatic rings. The lowest BCUT2D eigenvalue weighted by molar-refractivity contribution is 0.0794. The number of rotatable bonds is 9. The van der Waals surface area contributed by atoms with E-state index in [9.17, 15) is 0 Å². The Bertz CT molecular complexity index is 438. The van der Waals surface area contributed by atoms with Crippen molar-refractivity contribution in [1.29, 1.82) is 0 Å². The second-order valence-electron chi connectivity index (χ2n) is 4.10. The minimum absolute atomic E-state index is 0.0338. The number of pyridine rings is 1. The zero-order valence-corrected chi connectivity index (χ0v) is 11.8. The maximum Gasteiger partial charge on any atom is 0.224 e. The first kappa shape index (κ1) is 16.2. The predicted octanol–water partition coefficient (Wildman–Crippen LogP) is 0.916. The summed E-state index contributed by atoms with van der Waals surface area (Å²) in [6.07, 6.45) is 0.842. The molecule has 3 N–H and O–H groups in total.